The molecule has 2 heterocycles. The Hall–Kier alpha value is -2.02. The first-order valence-electron chi connectivity index (χ1n) is 25.0. The van der Waals surface area contributed by atoms with E-state index in [1.165, 1.54) is 36.8 Å². The zero-order valence-electron chi connectivity index (χ0n) is 42.3. The normalized spacial score (nSPS) is 21.9. The van der Waals surface area contributed by atoms with Crippen LogP contribution in [0.1, 0.15) is 171 Å². The van der Waals surface area contributed by atoms with E-state index in [9.17, 15) is 0 Å². The maximum absolute atomic E-state index is 7.07. The molecule has 0 spiro atoms. The van der Waals surface area contributed by atoms with Gasteiger partial charge in [0, 0.05) is 74.5 Å². The van der Waals surface area contributed by atoms with Crippen molar-refractivity contribution in [3.63, 3.8) is 0 Å². The molecule has 1 aromatic carbocycles. The predicted octanol–water partition coefficient (Wildman–Crippen LogP) is 8.87. The number of nitrogens with one attached hydrogen (secondary N) is 2. The van der Waals surface area contributed by atoms with Crippen LogP contribution >= 0.6 is 0 Å². The SMILES string of the molecule is CC(C)CCCC(C)(N)CN1C=CCN(CC(C)(N)CCCC(C)C)C1NCc1cccc(CNC2N(CC(C)(N)CCCC(C)C)C=CCN2CC(C)(N)CCCC(C)C)c1. The Morgan fingerprint density at radius 1 is 0.516 bits per heavy atom. The number of nitrogens with two attached hydrogens (primary N) is 4. The van der Waals surface area contributed by atoms with Crippen molar-refractivity contribution in [2.75, 3.05) is 39.3 Å². The summed E-state index contributed by atoms with van der Waals surface area (Å²) in [6.07, 6.45) is 22.5. The Balaban J connectivity index is 1.81. The van der Waals surface area contributed by atoms with E-state index < -0.39 is 0 Å². The molecule has 0 saturated heterocycles. The minimum atomic E-state index is -0.308. The molecule has 10 heteroatoms. The van der Waals surface area contributed by atoms with E-state index in [1.54, 1.807) is 0 Å². The Kier molecular flexibility index (Phi) is 22.4. The second kappa shape index (κ2) is 25.6. The van der Waals surface area contributed by atoms with Crippen molar-refractivity contribution in [1.29, 1.82) is 0 Å². The van der Waals surface area contributed by atoms with Crippen molar-refractivity contribution in [2.24, 2.45) is 46.6 Å². The summed E-state index contributed by atoms with van der Waals surface area (Å²) in [4.78, 5) is 9.90. The topological polar surface area (TPSA) is 141 Å². The van der Waals surface area contributed by atoms with Crippen LogP contribution in [-0.4, -0.2) is 93.6 Å². The fourth-order valence-corrected chi connectivity index (χ4v) is 9.49. The third kappa shape index (κ3) is 21.3. The van der Waals surface area contributed by atoms with Crippen molar-refractivity contribution < 1.29 is 0 Å². The molecule has 10 nitrogen and oxygen atoms in total. The zero-order chi connectivity index (χ0) is 46.1. The van der Waals surface area contributed by atoms with E-state index in [0.717, 1.165) is 104 Å². The number of rotatable bonds is 30. The highest BCUT2D eigenvalue weighted by Gasteiger charge is 2.35. The summed E-state index contributed by atoms with van der Waals surface area (Å²) in [6, 6.07) is 9.06. The lowest BCUT2D eigenvalue weighted by Gasteiger charge is -2.47. The maximum Gasteiger partial charge on any atom is 0.137 e. The average Bonchev–Trinajstić information content (AvgIpc) is 3.13. The molecule has 0 fully saturated rings. The minimum Gasteiger partial charge on any atom is -0.348 e. The lowest BCUT2D eigenvalue weighted by Crippen LogP contribution is -2.64. The summed E-state index contributed by atoms with van der Waals surface area (Å²) in [7, 11) is 0. The van der Waals surface area contributed by atoms with Gasteiger partial charge in [0.1, 0.15) is 12.6 Å². The van der Waals surface area contributed by atoms with Crippen LogP contribution in [-0.2, 0) is 13.1 Å². The van der Waals surface area contributed by atoms with Crippen LogP contribution in [0.3, 0.4) is 0 Å². The first-order chi connectivity index (χ1) is 28.9. The van der Waals surface area contributed by atoms with Gasteiger partial charge in [0.2, 0.25) is 0 Å². The fraction of sp³-hybridized carbons (Fsp3) is 0.808. The molecule has 0 radical (unpaired) electrons. The summed E-state index contributed by atoms with van der Waals surface area (Å²) in [5.74, 6) is 2.74. The molecule has 3 rings (SSSR count). The van der Waals surface area contributed by atoms with Gasteiger partial charge in [0.15, 0.2) is 0 Å². The molecule has 6 unspecified atom stereocenters. The first-order valence-corrected chi connectivity index (χ1v) is 25.0. The van der Waals surface area contributed by atoms with Crippen LogP contribution in [0, 0.1) is 23.7 Å². The van der Waals surface area contributed by atoms with Gasteiger partial charge in [-0.05, 0) is 101 Å². The molecule has 0 saturated carbocycles. The highest BCUT2D eigenvalue weighted by atomic mass is 15.5. The highest BCUT2D eigenvalue weighted by molar-refractivity contribution is 5.23. The van der Waals surface area contributed by atoms with E-state index in [4.69, 9.17) is 22.9 Å². The maximum atomic E-state index is 7.07. The molecule has 0 amide bonds. The molecule has 0 bridgehead atoms. The molecule has 62 heavy (non-hydrogen) atoms. The lowest BCUT2D eigenvalue weighted by molar-refractivity contribution is 0.0167. The van der Waals surface area contributed by atoms with Crippen LogP contribution in [0.25, 0.3) is 0 Å². The number of hydrogen-bond acceptors (Lipinski definition) is 10. The molecule has 0 aliphatic carbocycles. The van der Waals surface area contributed by atoms with Gasteiger partial charge < -0.3 is 32.7 Å². The molecule has 2 aliphatic rings. The Morgan fingerprint density at radius 2 is 0.823 bits per heavy atom. The van der Waals surface area contributed by atoms with Gasteiger partial charge in [0.25, 0.3) is 0 Å². The molecular weight excluding hydrogens is 765 g/mol. The van der Waals surface area contributed by atoms with Gasteiger partial charge in [-0.25, -0.2) is 0 Å². The molecule has 10 N–H and O–H groups in total. The van der Waals surface area contributed by atoms with Gasteiger partial charge in [-0.1, -0.05) is 143 Å². The number of hydrogen-bond donors (Lipinski definition) is 6. The number of benzene rings is 1. The summed E-state index contributed by atoms with van der Waals surface area (Å²) >= 11 is 0. The van der Waals surface area contributed by atoms with Crippen LogP contribution in [0.5, 0.6) is 0 Å². The fourth-order valence-electron chi connectivity index (χ4n) is 9.49. The number of nitrogens with zero attached hydrogens (tertiary/aromatic N) is 4. The molecule has 1 aromatic rings. The molecular formula is C52H100N10. The quantitative estimate of drug-likeness (QED) is 0.0445. The van der Waals surface area contributed by atoms with E-state index in [0.29, 0.717) is 23.7 Å². The van der Waals surface area contributed by atoms with Crippen LogP contribution in [0.15, 0.2) is 48.8 Å². The third-order valence-corrected chi connectivity index (χ3v) is 12.9. The van der Waals surface area contributed by atoms with Crippen LogP contribution in [0.4, 0.5) is 0 Å². The van der Waals surface area contributed by atoms with E-state index in [1.807, 2.05) is 0 Å². The monoisotopic (exact) mass is 865 g/mol. The zero-order valence-corrected chi connectivity index (χ0v) is 42.3. The Bertz CT molecular complexity index is 1340. The van der Waals surface area contributed by atoms with Gasteiger partial charge in [0.05, 0.1) is 0 Å². The van der Waals surface area contributed by atoms with Crippen LogP contribution < -0.4 is 33.6 Å². The Labute approximate surface area is 382 Å². The second-order valence-electron chi connectivity index (χ2n) is 23.1. The molecule has 358 valence electrons. The predicted molar refractivity (Wildman–Crippen MR) is 268 cm³/mol. The minimum absolute atomic E-state index is 0.0175. The molecule has 0 aromatic heterocycles. The van der Waals surface area contributed by atoms with Crippen molar-refractivity contribution in [3.8, 4) is 0 Å². The largest absolute Gasteiger partial charge is 0.348 e. The van der Waals surface area contributed by atoms with Crippen LogP contribution in [0.2, 0.25) is 0 Å². The highest BCUT2D eigenvalue weighted by Crippen LogP contribution is 2.25. The van der Waals surface area contributed by atoms with Gasteiger partial charge >= 0.3 is 0 Å². The van der Waals surface area contributed by atoms with Crippen molar-refractivity contribution in [1.82, 2.24) is 30.2 Å². The summed E-state index contributed by atoms with van der Waals surface area (Å²) in [5, 5.41) is 7.99. The van der Waals surface area contributed by atoms with Crippen molar-refractivity contribution in [3.05, 3.63) is 59.9 Å². The smallest absolute Gasteiger partial charge is 0.137 e. The standard InChI is InChI=1S/C52H100N10/c1-41(2)20-14-26-49(9,53)37-59-30-18-31-60(38-50(10,54)27-15-21-42(3)4)47(59)57-35-45-24-13-25-46(34-45)36-58-48-61(39-51(11,55)28-16-22-43(5)6)32-19-33-62(48)40-52(12,56)29-17-23-44(7)8/h13,18-19,24-25,30,32,34,41-44,47-48,57-58H,14-17,20-23,26-29,31,33,35-40,53-56H2,1-12H3. The average molecular weight is 865 g/mol. The van der Waals surface area contributed by atoms with E-state index >= 15 is 0 Å². The lowest BCUT2D eigenvalue weighted by atomic mass is 9.92. The van der Waals surface area contributed by atoms with Gasteiger partial charge in [-0.3, -0.25) is 20.4 Å². The summed E-state index contributed by atoms with van der Waals surface area (Å²) < 4.78 is 0. The summed E-state index contributed by atoms with van der Waals surface area (Å²) in [5.41, 5.74) is 29.6. The molecule has 2 aliphatic heterocycles. The van der Waals surface area contributed by atoms with Gasteiger partial charge in [-0.15, -0.1) is 0 Å². The van der Waals surface area contributed by atoms with Crippen molar-refractivity contribution >= 4 is 0 Å². The van der Waals surface area contributed by atoms with E-state index in [-0.39, 0.29) is 34.7 Å². The van der Waals surface area contributed by atoms with Crippen molar-refractivity contribution in [2.45, 2.75) is 208 Å². The second-order valence-corrected chi connectivity index (χ2v) is 23.1. The third-order valence-electron chi connectivity index (χ3n) is 12.9. The summed E-state index contributed by atoms with van der Waals surface area (Å²) in [6.45, 7) is 33.6. The molecule has 6 atom stereocenters. The van der Waals surface area contributed by atoms with Gasteiger partial charge in [-0.2, -0.15) is 0 Å². The van der Waals surface area contributed by atoms with E-state index in [2.05, 4.69) is 162 Å². The Morgan fingerprint density at radius 3 is 1.13 bits per heavy atom. The first kappa shape index (κ1) is 54.3.